The van der Waals surface area contributed by atoms with Crippen LogP contribution in [0.4, 0.5) is 4.79 Å². The van der Waals surface area contributed by atoms with Crippen molar-refractivity contribution in [2.45, 2.75) is 45.9 Å². The van der Waals surface area contributed by atoms with Crippen molar-refractivity contribution >= 4 is 17.4 Å². The molecule has 0 saturated heterocycles. The first-order chi connectivity index (χ1) is 11.7. The molecule has 1 aromatic heterocycles. The molecule has 2 aromatic rings. The van der Waals surface area contributed by atoms with E-state index in [1.807, 2.05) is 59.4 Å². The maximum Gasteiger partial charge on any atom is 0.408 e. The predicted molar refractivity (Wildman–Crippen MR) is 103 cm³/mol. The SMILES string of the molecule is C[C@H](NC(=O)OC(C)(C)C)c1ccc(-c2scnc2CN(C)C)cc1. The van der Waals surface area contributed by atoms with E-state index in [4.69, 9.17) is 4.74 Å². The number of carbonyl (C=O) groups is 1. The second kappa shape index (κ2) is 7.97. The zero-order chi connectivity index (χ0) is 18.6. The minimum Gasteiger partial charge on any atom is -0.444 e. The molecule has 0 fully saturated rings. The normalized spacial score (nSPS) is 12.9. The molecule has 25 heavy (non-hydrogen) atoms. The molecule has 0 bridgehead atoms. The van der Waals surface area contributed by atoms with Gasteiger partial charge in [-0.15, -0.1) is 11.3 Å². The van der Waals surface area contributed by atoms with Gasteiger partial charge in [0.15, 0.2) is 0 Å². The third-order valence-corrected chi connectivity index (χ3v) is 4.43. The van der Waals surface area contributed by atoms with E-state index in [0.717, 1.165) is 23.4 Å². The van der Waals surface area contributed by atoms with E-state index in [-0.39, 0.29) is 6.04 Å². The molecular formula is C19H27N3O2S. The van der Waals surface area contributed by atoms with Gasteiger partial charge in [0, 0.05) is 6.54 Å². The van der Waals surface area contributed by atoms with Crippen LogP contribution >= 0.6 is 11.3 Å². The Morgan fingerprint density at radius 3 is 2.48 bits per heavy atom. The Labute approximate surface area is 154 Å². The number of amides is 1. The van der Waals surface area contributed by atoms with Crippen LogP contribution in [0.25, 0.3) is 10.4 Å². The third kappa shape index (κ3) is 5.83. The first kappa shape index (κ1) is 19.4. The molecule has 0 aliphatic heterocycles. The quantitative estimate of drug-likeness (QED) is 0.854. The average molecular weight is 362 g/mol. The Balaban J connectivity index is 2.07. The highest BCUT2D eigenvalue weighted by Crippen LogP contribution is 2.29. The lowest BCUT2D eigenvalue weighted by atomic mass is 10.0. The molecule has 1 atom stereocenters. The molecule has 6 heteroatoms. The highest BCUT2D eigenvalue weighted by atomic mass is 32.1. The van der Waals surface area contributed by atoms with Crippen LogP contribution in [0.5, 0.6) is 0 Å². The van der Waals surface area contributed by atoms with E-state index in [1.165, 1.54) is 4.88 Å². The molecule has 0 spiro atoms. The summed E-state index contributed by atoms with van der Waals surface area (Å²) in [5, 5.41) is 2.87. The van der Waals surface area contributed by atoms with Crippen LogP contribution in [0.1, 0.15) is 45.0 Å². The van der Waals surface area contributed by atoms with Crippen LogP contribution in [-0.2, 0) is 11.3 Å². The maximum absolute atomic E-state index is 11.9. The minimum atomic E-state index is -0.497. The Kier molecular flexibility index (Phi) is 6.19. The molecule has 1 N–H and O–H groups in total. The fourth-order valence-electron chi connectivity index (χ4n) is 2.41. The number of ether oxygens (including phenoxy) is 1. The van der Waals surface area contributed by atoms with E-state index in [0.29, 0.717) is 0 Å². The van der Waals surface area contributed by atoms with Gasteiger partial charge >= 0.3 is 6.09 Å². The summed E-state index contributed by atoms with van der Waals surface area (Å²) in [6, 6.07) is 8.11. The Bertz CT molecular complexity index is 702. The Hall–Kier alpha value is -1.92. The Morgan fingerprint density at radius 2 is 1.92 bits per heavy atom. The van der Waals surface area contributed by atoms with E-state index < -0.39 is 11.7 Å². The highest BCUT2D eigenvalue weighted by molar-refractivity contribution is 7.13. The van der Waals surface area contributed by atoms with E-state index in [2.05, 4.69) is 27.3 Å². The zero-order valence-electron chi connectivity index (χ0n) is 15.8. The number of benzene rings is 1. The third-order valence-electron chi connectivity index (χ3n) is 3.51. The smallest absolute Gasteiger partial charge is 0.408 e. The Morgan fingerprint density at radius 1 is 1.28 bits per heavy atom. The van der Waals surface area contributed by atoms with Crippen LogP contribution in [-0.4, -0.2) is 35.7 Å². The number of hydrogen-bond acceptors (Lipinski definition) is 5. The van der Waals surface area contributed by atoms with Crippen LogP contribution < -0.4 is 5.32 Å². The molecule has 0 aliphatic carbocycles. The summed E-state index contributed by atoms with van der Waals surface area (Å²) < 4.78 is 5.30. The van der Waals surface area contributed by atoms with Crippen molar-refractivity contribution in [1.82, 2.24) is 15.2 Å². The zero-order valence-corrected chi connectivity index (χ0v) is 16.6. The van der Waals surface area contributed by atoms with E-state index >= 15 is 0 Å². The lowest BCUT2D eigenvalue weighted by Crippen LogP contribution is -2.34. The second-order valence-electron chi connectivity index (χ2n) is 7.36. The van der Waals surface area contributed by atoms with Crippen molar-refractivity contribution in [2.75, 3.05) is 14.1 Å². The molecule has 1 aromatic carbocycles. The molecular weight excluding hydrogens is 334 g/mol. The molecule has 0 radical (unpaired) electrons. The summed E-state index contributed by atoms with van der Waals surface area (Å²) in [7, 11) is 4.08. The number of hydrogen-bond donors (Lipinski definition) is 1. The molecule has 2 rings (SSSR count). The summed E-state index contributed by atoms with van der Waals surface area (Å²) in [4.78, 5) is 19.7. The second-order valence-corrected chi connectivity index (χ2v) is 8.21. The van der Waals surface area contributed by atoms with Gasteiger partial charge in [0.1, 0.15) is 5.60 Å². The number of aromatic nitrogens is 1. The predicted octanol–water partition coefficient (Wildman–Crippen LogP) is 4.46. The first-order valence-electron chi connectivity index (χ1n) is 8.32. The van der Waals surface area contributed by atoms with Gasteiger partial charge in [-0.05, 0) is 52.9 Å². The first-order valence-corrected chi connectivity index (χ1v) is 9.20. The summed E-state index contributed by atoms with van der Waals surface area (Å²) >= 11 is 1.65. The van der Waals surface area contributed by atoms with Crippen molar-refractivity contribution in [1.29, 1.82) is 0 Å². The van der Waals surface area contributed by atoms with Crippen molar-refractivity contribution in [3.8, 4) is 10.4 Å². The van der Waals surface area contributed by atoms with Gasteiger partial charge in [-0.2, -0.15) is 0 Å². The molecule has 0 saturated carbocycles. The maximum atomic E-state index is 11.9. The lowest BCUT2D eigenvalue weighted by molar-refractivity contribution is 0.0508. The van der Waals surface area contributed by atoms with Crippen molar-refractivity contribution in [2.24, 2.45) is 0 Å². The van der Waals surface area contributed by atoms with Gasteiger partial charge in [0.05, 0.1) is 22.1 Å². The summed E-state index contributed by atoms with van der Waals surface area (Å²) in [5.41, 5.74) is 4.65. The van der Waals surface area contributed by atoms with Gasteiger partial charge in [0.2, 0.25) is 0 Å². The highest BCUT2D eigenvalue weighted by Gasteiger charge is 2.18. The van der Waals surface area contributed by atoms with Crippen molar-refractivity contribution in [3.05, 3.63) is 41.0 Å². The minimum absolute atomic E-state index is 0.119. The summed E-state index contributed by atoms with van der Waals surface area (Å²) in [5.74, 6) is 0. The van der Waals surface area contributed by atoms with Gasteiger partial charge < -0.3 is 15.0 Å². The molecule has 5 nitrogen and oxygen atoms in total. The molecule has 1 amide bonds. The standard InChI is InChI=1S/C19H27N3O2S/c1-13(21-18(23)24-19(2,3)4)14-7-9-15(10-8-14)17-16(11-22(5)6)20-12-25-17/h7-10,12-13H,11H2,1-6H3,(H,21,23)/t13-/m0/s1. The fourth-order valence-corrected chi connectivity index (χ4v) is 3.22. The number of carbonyl (C=O) groups excluding carboxylic acids is 1. The lowest BCUT2D eigenvalue weighted by Gasteiger charge is -2.22. The van der Waals surface area contributed by atoms with Crippen LogP contribution in [0.15, 0.2) is 29.8 Å². The summed E-state index contributed by atoms with van der Waals surface area (Å²) in [6.45, 7) is 8.32. The van der Waals surface area contributed by atoms with E-state index in [1.54, 1.807) is 11.3 Å². The number of nitrogens with zero attached hydrogens (tertiary/aromatic N) is 2. The topological polar surface area (TPSA) is 54.5 Å². The number of alkyl carbamates (subject to hydrolysis) is 1. The monoisotopic (exact) mass is 361 g/mol. The van der Waals surface area contributed by atoms with Gasteiger partial charge in [0.25, 0.3) is 0 Å². The largest absolute Gasteiger partial charge is 0.444 e. The van der Waals surface area contributed by atoms with Crippen molar-refractivity contribution in [3.63, 3.8) is 0 Å². The molecule has 0 unspecified atom stereocenters. The van der Waals surface area contributed by atoms with Crippen LogP contribution in [0, 0.1) is 0 Å². The van der Waals surface area contributed by atoms with Gasteiger partial charge in [-0.1, -0.05) is 24.3 Å². The van der Waals surface area contributed by atoms with Crippen LogP contribution in [0.3, 0.4) is 0 Å². The molecule has 0 aliphatic rings. The number of thiazole rings is 1. The van der Waals surface area contributed by atoms with E-state index in [9.17, 15) is 4.79 Å². The number of nitrogens with one attached hydrogen (secondary N) is 1. The average Bonchev–Trinajstić information content (AvgIpc) is 2.92. The molecule has 136 valence electrons. The fraction of sp³-hybridized carbons (Fsp3) is 0.474. The van der Waals surface area contributed by atoms with Gasteiger partial charge in [-0.3, -0.25) is 0 Å². The van der Waals surface area contributed by atoms with Crippen LogP contribution in [0.2, 0.25) is 0 Å². The number of rotatable bonds is 5. The summed E-state index contributed by atoms with van der Waals surface area (Å²) in [6.07, 6.45) is -0.403. The van der Waals surface area contributed by atoms with Gasteiger partial charge in [-0.25, -0.2) is 9.78 Å². The van der Waals surface area contributed by atoms with Crippen molar-refractivity contribution < 1.29 is 9.53 Å². The molecule has 1 heterocycles.